The van der Waals surface area contributed by atoms with E-state index in [4.69, 9.17) is 4.74 Å². The van der Waals surface area contributed by atoms with Gasteiger partial charge in [-0.15, -0.1) is 0 Å². The molecule has 0 aromatic heterocycles. The van der Waals surface area contributed by atoms with Crippen LogP contribution in [0.1, 0.15) is 32.8 Å². The second kappa shape index (κ2) is 9.55. The molecule has 2 aromatic rings. The first kappa shape index (κ1) is 21.0. The van der Waals surface area contributed by atoms with Crippen molar-refractivity contribution in [2.45, 2.75) is 27.2 Å². The van der Waals surface area contributed by atoms with Gasteiger partial charge in [0, 0.05) is 48.1 Å². The minimum atomic E-state index is -0.599. The zero-order chi connectivity index (χ0) is 20.7. The lowest BCUT2D eigenvalue weighted by molar-refractivity contribution is -0.384. The highest BCUT2D eigenvalue weighted by molar-refractivity contribution is 5.94. The minimum absolute atomic E-state index is 0.0783. The summed E-state index contributed by atoms with van der Waals surface area (Å²) in [6.45, 7) is 7.46. The Labute approximate surface area is 164 Å². The first-order chi connectivity index (χ1) is 13.3. The van der Waals surface area contributed by atoms with Crippen LogP contribution in [0, 0.1) is 10.1 Å². The van der Waals surface area contributed by atoms with Crippen LogP contribution >= 0.6 is 0 Å². The molecular weight excluding hydrogens is 360 g/mol. The number of ether oxygens (including phenoxy) is 1. The first-order valence-corrected chi connectivity index (χ1v) is 9.08. The number of rotatable bonds is 8. The minimum Gasteiger partial charge on any atom is -0.507 e. The number of phenolic OH excluding ortho intramolecular Hbond substituents is 1. The smallest absolute Gasteiger partial charge is 0.339 e. The van der Waals surface area contributed by atoms with Crippen LogP contribution in [0.3, 0.4) is 0 Å². The van der Waals surface area contributed by atoms with Crippen molar-refractivity contribution in [1.29, 1.82) is 0 Å². The number of nitro benzene ring substituents is 1. The van der Waals surface area contributed by atoms with Crippen molar-refractivity contribution < 1.29 is 19.6 Å². The molecule has 0 aliphatic carbocycles. The van der Waals surface area contributed by atoms with E-state index in [0.29, 0.717) is 11.1 Å². The number of nitro groups is 1. The van der Waals surface area contributed by atoms with E-state index < -0.39 is 10.9 Å². The molecule has 2 aromatic carbocycles. The molecule has 0 amide bonds. The first-order valence-electron chi connectivity index (χ1n) is 9.08. The van der Waals surface area contributed by atoms with Crippen LogP contribution in [0.25, 0.3) is 6.08 Å². The van der Waals surface area contributed by atoms with Crippen LogP contribution in [0.4, 0.5) is 11.4 Å². The Balaban J connectivity index is 2.13. The van der Waals surface area contributed by atoms with Crippen LogP contribution < -0.4 is 9.64 Å². The zero-order valence-corrected chi connectivity index (χ0v) is 16.2. The Morgan fingerprint density at radius 2 is 1.89 bits per heavy atom. The van der Waals surface area contributed by atoms with Crippen molar-refractivity contribution in [2.75, 3.05) is 18.0 Å². The summed E-state index contributed by atoms with van der Waals surface area (Å²) in [4.78, 5) is 24.5. The molecule has 0 unspecified atom stereocenters. The molecule has 0 saturated carbocycles. The van der Waals surface area contributed by atoms with E-state index in [2.05, 4.69) is 18.7 Å². The maximum absolute atomic E-state index is 12.2. The van der Waals surface area contributed by atoms with Crippen molar-refractivity contribution >= 4 is 23.4 Å². The van der Waals surface area contributed by atoms with Gasteiger partial charge in [0.25, 0.3) is 5.69 Å². The van der Waals surface area contributed by atoms with Crippen LogP contribution in [-0.4, -0.2) is 29.1 Å². The molecule has 0 atom stereocenters. The number of hydrogen-bond donors (Lipinski definition) is 1. The van der Waals surface area contributed by atoms with Gasteiger partial charge in [-0.3, -0.25) is 10.1 Å². The number of benzene rings is 2. The molecule has 0 radical (unpaired) electrons. The lowest BCUT2D eigenvalue weighted by Crippen LogP contribution is -2.23. The number of carbonyl (C=O) groups is 1. The Hall–Kier alpha value is -3.35. The van der Waals surface area contributed by atoms with Gasteiger partial charge in [-0.2, -0.15) is 0 Å². The van der Waals surface area contributed by atoms with E-state index in [-0.39, 0.29) is 17.2 Å². The average molecular weight is 384 g/mol. The zero-order valence-electron chi connectivity index (χ0n) is 16.2. The topological polar surface area (TPSA) is 92.9 Å². The van der Waals surface area contributed by atoms with E-state index in [1.165, 1.54) is 24.3 Å². The Bertz CT molecular complexity index is 875. The second-order valence-electron chi connectivity index (χ2n) is 6.29. The molecule has 0 bridgehead atoms. The molecule has 0 saturated heterocycles. The van der Waals surface area contributed by atoms with Crippen LogP contribution in [-0.2, 0) is 4.79 Å². The molecule has 7 heteroatoms. The molecule has 1 N–H and O–H groups in total. The molecule has 148 valence electrons. The van der Waals surface area contributed by atoms with Gasteiger partial charge < -0.3 is 14.7 Å². The van der Waals surface area contributed by atoms with Crippen LogP contribution in [0.15, 0.2) is 48.0 Å². The fourth-order valence-electron chi connectivity index (χ4n) is 2.71. The third-order valence-corrected chi connectivity index (χ3v) is 4.21. The Morgan fingerprint density at radius 3 is 2.43 bits per heavy atom. The lowest BCUT2D eigenvalue weighted by atomic mass is 10.1. The normalized spacial score (nSPS) is 11.2. The molecular formula is C21H24N2O5. The summed E-state index contributed by atoms with van der Waals surface area (Å²) in [5, 5.41) is 21.0. The number of aromatic hydroxyl groups is 1. The van der Waals surface area contributed by atoms with Gasteiger partial charge in [0.2, 0.25) is 0 Å². The second-order valence-corrected chi connectivity index (χ2v) is 6.29. The molecule has 7 nitrogen and oxygen atoms in total. The number of esters is 1. The standard InChI is InChI=1S/C21H24N2O5/c1-4-12-22(5-2)18-7-6-16(20(24)14-18)13-15(3)21(25)28-19-10-8-17(9-11-19)23(26)27/h6-11,13-14,24H,4-5,12H2,1-3H3/b15-13+. The van der Waals surface area contributed by atoms with Crippen molar-refractivity contribution in [1.82, 2.24) is 0 Å². The maximum Gasteiger partial charge on any atom is 0.339 e. The number of phenols is 1. The molecule has 0 heterocycles. The Morgan fingerprint density at radius 1 is 1.21 bits per heavy atom. The van der Waals surface area contributed by atoms with Crippen molar-refractivity contribution in [3.05, 3.63) is 63.7 Å². The summed E-state index contributed by atoms with van der Waals surface area (Å²) in [6.07, 6.45) is 2.55. The fourth-order valence-corrected chi connectivity index (χ4v) is 2.71. The van der Waals surface area contributed by atoms with Gasteiger partial charge >= 0.3 is 5.97 Å². The number of hydrogen-bond acceptors (Lipinski definition) is 6. The van der Waals surface area contributed by atoms with Gasteiger partial charge in [-0.1, -0.05) is 6.92 Å². The SMILES string of the molecule is CCCN(CC)c1ccc(/C=C(\C)C(=O)Oc2ccc([N+](=O)[O-])cc2)c(O)c1. The van der Waals surface area contributed by atoms with E-state index in [0.717, 1.165) is 25.2 Å². The number of anilines is 1. The van der Waals surface area contributed by atoms with Gasteiger partial charge in [0.05, 0.1) is 4.92 Å². The van der Waals surface area contributed by atoms with E-state index in [1.54, 1.807) is 25.1 Å². The maximum atomic E-state index is 12.2. The van der Waals surface area contributed by atoms with Gasteiger partial charge in [-0.05, 0) is 50.6 Å². The summed E-state index contributed by atoms with van der Waals surface area (Å²) in [5.74, 6) is -0.311. The molecule has 0 fully saturated rings. The van der Waals surface area contributed by atoms with Gasteiger partial charge in [0.15, 0.2) is 0 Å². The van der Waals surface area contributed by atoms with Crippen LogP contribution in [0.2, 0.25) is 0 Å². The third-order valence-electron chi connectivity index (χ3n) is 4.21. The van der Waals surface area contributed by atoms with Crippen molar-refractivity contribution in [3.8, 4) is 11.5 Å². The number of nitrogens with zero attached hydrogens (tertiary/aromatic N) is 2. The highest BCUT2D eigenvalue weighted by atomic mass is 16.6. The predicted octanol–water partition coefficient (Wildman–Crippen LogP) is 4.55. The molecule has 28 heavy (non-hydrogen) atoms. The quantitative estimate of drug-likeness (QED) is 0.236. The lowest BCUT2D eigenvalue weighted by Gasteiger charge is -2.22. The average Bonchev–Trinajstić information content (AvgIpc) is 2.68. The fraction of sp³-hybridized carbons (Fsp3) is 0.286. The Kier molecular flexibility index (Phi) is 7.14. The van der Waals surface area contributed by atoms with E-state index in [1.807, 2.05) is 6.07 Å². The number of carbonyl (C=O) groups excluding carboxylic acids is 1. The molecule has 2 rings (SSSR count). The monoisotopic (exact) mass is 384 g/mol. The van der Waals surface area contributed by atoms with E-state index in [9.17, 15) is 20.0 Å². The molecule has 0 aliphatic heterocycles. The van der Waals surface area contributed by atoms with Gasteiger partial charge in [0.1, 0.15) is 11.5 Å². The summed E-state index contributed by atoms with van der Waals surface area (Å²) in [7, 11) is 0. The summed E-state index contributed by atoms with van der Waals surface area (Å²) in [5.41, 5.74) is 1.64. The molecule has 0 spiro atoms. The highest BCUT2D eigenvalue weighted by Gasteiger charge is 2.12. The van der Waals surface area contributed by atoms with Gasteiger partial charge in [-0.25, -0.2) is 4.79 Å². The third kappa shape index (κ3) is 5.33. The summed E-state index contributed by atoms with van der Waals surface area (Å²) < 4.78 is 5.21. The highest BCUT2D eigenvalue weighted by Crippen LogP contribution is 2.27. The summed E-state index contributed by atoms with van der Waals surface area (Å²) >= 11 is 0. The number of non-ortho nitro benzene ring substituents is 1. The summed E-state index contributed by atoms with van der Waals surface area (Å²) in [6, 6.07) is 10.6. The van der Waals surface area contributed by atoms with Crippen molar-refractivity contribution in [3.63, 3.8) is 0 Å². The van der Waals surface area contributed by atoms with E-state index >= 15 is 0 Å². The van der Waals surface area contributed by atoms with Crippen molar-refractivity contribution in [2.24, 2.45) is 0 Å². The van der Waals surface area contributed by atoms with Crippen LogP contribution in [0.5, 0.6) is 11.5 Å². The predicted molar refractivity (Wildman–Crippen MR) is 109 cm³/mol. The largest absolute Gasteiger partial charge is 0.507 e. The molecule has 0 aliphatic rings.